The summed E-state index contributed by atoms with van der Waals surface area (Å²) in [6.45, 7) is 12.3. The summed E-state index contributed by atoms with van der Waals surface area (Å²) in [5.74, 6) is 3.74. The molecule has 9 aliphatic rings. The Labute approximate surface area is 360 Å². The average Bonchev–Trinajstić information content (AvgIpc) is 3.69. The van der Waals surface area contributed by atoms with E-state index in [1.807, 2.05) is 0 Å². The van der Waals surface area contributed by atoms with Gasteiger partial charge >= 0.3 is 0 Å². The zero-order chi connectivity index (χ0) is 43.5. The van der Waals surface area contributed by atoms with E-state index in [4.69, 9.17) is 33.2 Å². The van der Waals surface area contributed by atoms with Gasteiger partial charge < -0.3 is 74.0 Å². The molecule has 8 N–H and O–H groups in total. The van der Waals surface area contributed by atoms with Gasteiger partial charge in [0.05, 0.1) is 36.6 Å². The number of ether oxygens (including phenoxy) is 7. The molecule has 4 heterocycles. The molecule has 348 valence electrons. The van der Waals surface area contributed by atoms with Gasteiger partial charge in [-0.15, -0.1) is 0 Å². The second kappa shape index (κ2) is 16.8. The molecule has 15 nitrogen and oxygen atoms in total. The Morgan fingerprint density at radius 1 is 0.656 bits per heavy atom. The van der Waals surface area contributed by atoms with Crippen LogP contribution in [0, 0.1) is 46.3 Å². The summed E-state index contributed by atoms with van der Waals surface area (Å²) < 4.78 is 44.2. The maximum Gasteiger partial charge on any atom is 0.187 e. The SMILES string of the molecule is CC1CCC2(CC1)OC1CC3C4CC=C5CC(OC6OC(CO)C(O)C(OC7OC(C)C(O)C(O)C7O)C6OC6OC(C)C(O)C(O)C6O)CC[C@]5(C)C4CC[C@]3(C)C1C2C. The van der Waals surface area contributed by atoms with E-state index in [1.54, 1.807) is 0 Å². The van der Waals surface area contributed by atoms with Crippen LogP contribution in [0.1, 0.15) is 112 Å². The van der Waals surface area contributed by atoms with Crippen LogP contribution in [0.2, 0.25) is 0 Å². The minimum absolute atomic E-state index is 0.00246. The molecule has 0 bridgehead atoms. The van der Waals surface area contributed by atoms with E-state index >= 15 is 0 Å². The monoisotopic (exact) mass is 867 g/mol. The van der Waals surface area contributed by atoms with Gasteiger partial charge in [0, 0.05) is 0 Å². The van der Waals surface area contributed by atoms with Crippen LogP contribution in [0.5, 0.6) is 0 Å². The molecule has 8 fully saturated rings. The van der Waals surface area contributed by atoms with E-state index < -0.39 is 98.7 Å². The van der Waals surface area contributed by atoms with Crippen molar-refractivity contribution >= 4 is 0 Å². The molecule has 24 atom stereocenters. The summed E-state index contributed by atoms with van der Waals surface area (Å²) in [4.78, 5) is 0. The molecule has 0 aromatic rings. The number of allylic oxidation sites excluding steroid dienone is 1. The van der Waals surface area contributed by atoms with Crippen molar-refractivity contribution < 1.29 is 74.0 Å². The van der Waals surface area contributed by atoms with Crippen LogP contribution in [0.3, 0.4) is 0 Å². The first-order valence-electron chi connectivity index (χ1n) is 23.6. The van der Waals surface area contributed by atoms with E-state index in [-0.39, 0.29) is 22.5 Å². The van der Waals surface area contributed by atoms with Crippen molar-refractivity contribution in [3.8, 4) is 0 Å². The van der Waals surface area contributed by atoms with E-state index in [2.05, 4.69) is 33.8 Å². The third-order valence-electron chi connectivity index (χ3n) is 18.3. The second-order valence-corrected chi connectivity index (χ2v) is 21.5. The summed E-state index contributed by atoms with van der Waals surface area (Å²) in [5.41, 5.74) is 1.70. The van der Waals surface area contributed by atoms with E-state index in [1.165, 1.54) is 57.9 Å². The van der Waals surface area contributed by atoms with E-state index in [9.17, 15) is 40.9 Å². The highest BCUT2D eigenvalue weighted by atomic mass is 16.8. The molecule has 22 unspecified atom stereocenters. The van der Waals surface area contributed by atoms with Gasteiger partial charge in [0.15, 0.2) is 18.9 Å². The topological polar surface area (TPSA) is 226 Å². The van der Waals surface area contributed by atoms with Crippen LogP contribution in [0.4, 0.5) is 0 Å². The van der Waals surface area contributed by atoms with Gasteiger partial charge in [-0.1, -0.05) is 39.3 Å². The average molecular weight is 867 g/mol. The first kappa shape index (κ1) is 45.3. The molecular formula is C46H74O15. The highest BCUT2D eigenvalue weighted by molar-refractivity contribution is 5.27. The van der Waals surface area contributed by atoms with Crippen molar-refractivity contribution in [2.45, 2.75) is 222 Å². The summed E-state index contributed by atoms with van der Waals surface area (Å²) in [5, 5.41) is 85.9. The predicted molar refractivity (Wildman–Crippen MR) is 216 cm³/mol. The predicted octanol–water partition coefficient (Wildman–Crippen LogP) is 2.05. The molecule has 9 rings (SSSR count). The van der Waals surface area contributed by atoms with Crippen LogP contribution in [-0.2, 0) is 33.2 Å². The summed E-state index contributed by atoms with van der Waals surface area (Å²) >= 11 is 0. The molecule has 0 aromatic heterocycles. The Hall–Kier alpha value is -0.860. The van der Waals surface area contributed by atoms with Crippen LogP contribution in [0.15, 0.2) is 11.6 Å². The lowest BCUT2D eigenvalue weighted by molar-refractivity contribution is -0.393. The molecule has 4 saturated heterocycles. The van der Waals surface area contributed by atoms with Gasteiger partial charge in [-0.25, -0.2) is 0 Å². The maximum atomic E-state index is 11.6. The number of fused-ring (bicyclic) bond motifs is 7. The Bertz CT molecular complexity index is 1590. The Kier molecular flexibility index (Phi) is 12.5. The molecule has 0 radical (unpaired) electrons. The summed E-state index contributed by atoms with van der Waals surface area (Å²) in [7, 11) is 0. The third kappa shape index (κ3) is 7.44. The molecule has 0 aromatic carbocycles. The van der Waals surface area contributed by atoms with Crippen LogP contribution in [0.25, 0.3) is 0 Å². The van der Waals surface area contributed by atoms with Crippen molar-refractivity contribution in [1.82, 2.24) is 0 Å². The van der Waals surface area contributed by atoms with Gasteiger partial charge in [0.25, 0.3) is 0 Å². The number of aliphatic hydroxyl groups is 8. The normalized spacial score (nSPS) is 58.4. The third-order valence-corrected chi connectivity index (χ3v) is 18.3. The highest BCUT2D eigenvalue weighted by Gasteiger charge is 2.68. The number of rotatable bonds is 7. The molecule has 4 aliphatic heterocycles. The van der Waals surface area contributed by atoms with E-state index in [0.29, 0.717) is 48.5 Å². The molecule has 61 heavy (non-hydrogen) atoms. The number of hydrogen-bond donors (Lipinski definition) is 8. The molecule has 0 amide bonds. The first-order chi connectivity index (χ1) is 28.9. The Balaban J connectivity index is 0.937. The van der Waals surface area contributed by atoms with Crippen LogP contribution < -0.4 is 0 Å². The maximum absolute atomic E-state index is 11.6. The molecule has 4 saturated carbocycles. The molecule has 1 spiro atoms. The fourth-order valence-electron chi connectivity index (χ4n) is 14.5. The van der Waals surface area contributed by atoms with Crippen LogP contribution >= 0.6 is 0 Å². The second-order valence-electron chi connectivity index (χ2n) is 21.5. The van der Waals surface area contributed by atoms with Gasteiger partial charge in [0.2, 0.25) is 0 Å². The lowest BCUT2D eigenvalue weighted by Gasteiger charge is -2.59. The fraction of sp³-hybridized carbons (Fsp3) is 0.957. The zero-order valence-electron chi connectivity index (χ0n) is 36.8. The molecular weight excluding hydrogens is 792 g/mol. The van der Waals surface area contributed by atoms with Crippen molar-refractivity contribution in [1.29, 1.82) is 0 Å². The largest absolute Gasteiger partial charge is 0.394 e. The minimum atomic E-state index is -1.73. The quantitative estimate of drug-likeness (QED) is 0.172. The fourth-order valence-corrected chi connectivity index (χ4v) is 14.5. The summed E-state index contributed by atoms with van der Waals surface area (Å²) in [6.07, 6.45) is -7.29. The van der Waals surface area contributed by atoms with Crippen molar-refractivity contribution in [3.63, 3.8) is 0 Å². The van der Waals surface area contributed by atoms with Gasteiger partial charge in [-0.05, 0) is 131 Å². The van der Waals surface area contributed by atoms with Crippen LogP contribution in [-0.4, -0.2) is 157 Å². The number of aliphatic hydroxyl groups excluding tert-OH is 8. The van der Waals surface area contributed by atoms with Gasteiger partial charge in [-0.2, -0.15) is 0 Å². The minimum Gasteiger partial charge on any atom is -0.394 e. The van der Waals surface area contributed by atoms with Gasteiger partial charge in [0.1, 0.15) is 61.0 Å². The lowest BCUT2D eigenvalue weighted by Crippen LogP contribution is -2.67. The van der Waals surface area contributed by atoms with Crippen molar-refractivity contribution in [2.75, 3.05) is 6.61 Å². The zero-order valence-corrected chi connectivity index (χ0v) is 36.8. The number of hydrogen-bond acceptors (Lipinski definition) is 15. The van der Waals surface area contributed by atoms with Gasteiger partial charge in [-0.3, -0.25) is 0 Å². The van der Waals surface area contributed by atoms with E-state index in [0.717, 1.165) is 25.2 Å². The van der Waals surface area contributed by atoms with Crippen molar-refractivity contribution in [2.24, 2.45) is 46.3 Å². The first-order valence-corrected chi connectivity index (χ1v) is 23.6. The standard InChI is InChI=1S/C46H74O15/c1-20-9-15-46(16-10-20)21(2)31-29(61-46)18-28-26-8-7-24-17-25(11-13-44(24,5)27(26)12-14-45(28,31)6)57-43-40(60-42-38(54)36(52)33(49)23(4)56-42)39(34(50)30(19-47)58-43)59-41-37(53)35(51)32(48)22(3)55-41/h7,20-23,25-43,47-54H,8-19H2,1-6H3/t20?,21?,22?,23?,25?,26?,27?,28?,29?,30?,31?,32?,33?,34?,35?,36?,37?,38?,39?,40?,41?,42?,43?,44-,45-,46?/m0/s1. The molecule has 5 aliphatic carbocycles. The molecule has 15 heteroatoms. The smallest absolute Gasteiger partial charge is 0.187 e. The Morgan fingerprint density at radius 2 is 1.28 bits per heavy atom. The highest BCUT2D eigenvalue weighted by Crippen LogP contribution is 2.71. The Morgan fingerprint density at radius 3 is 1.90 bits per heavy atom. The van der Waals surface area contributed by atoms with Crippen molar-refractivity contribution in [3.05, 3.63) is 11.6 Å². The lowest BCUT2D eigenvalue weighted by atomic mass is 9.46. The summed E-state index contributed by atoms with van der Waals surface area (Å²) in [6, 6.07) is 0.